The second kappa shape index (κ2) is 17.9. The minimum atomic E-state index is -0.746. The molecular formula is C21H40O4. The second-order valence-electron chi connectivity index (χ2n) is 7.18. The van der Waals surface area contributed by atoms with Crippen LogP contribution in [0.1, 0.15) is 96.8 Å². The van der Waals surface area contributed by atoms with Crippen molar-refractivity contribution in [2.75, 3.05) is 6.61 Å². The van der Waals surface area contributed by atoms with Gasteiger partial charge in [-0.15, -0.1) is 0 Å². The summed E-state index contributed by atoms with van der Waals surface area (Å²) in [5, 5.41) is 27.4. The number of rotatable bonds is 18. The number of allylic oxidation sites excluding steroid dienone is 2. The molecular weight excluding hydrogens is 316 g/mol. The number of aliphatic carboxylic acids is 1. The number of unbranched alkanes of at least 4 members (excludes halogenated alkanes) is 7. The molecule has 0 aromatic carbocycles. The van der Waals surface area contributed by atoms with Crippen LogP contribution in [0.2, 0.25) is 0 Å². The van der Waals surface area contributed by atoms with Gasteiger partial charge in [-0.1, -0.05) is 64.0 Å². The smallest absolute Gasteiger partial charge is 0.303 e. The molecule has 0 bridgehead atoms. The van der Waals surface area contributed by atoms with Gasteiger partial charge in [-0.05, 0) is 44.4 Å². The Morgan fingerprint density at radius 1 is 0.920 bits per heavy atom. The molecule has 0 saturated carbocycles. The molecule has 3 N–H and O–H groups in total. The summed E-state index contributed by atoms with van der Waals surface area (Å²) in [6.45, 7) is 2.04. The summed E-state index contributed by atoms with van der Waals surface area (Å²) < 4.78 is 0. The van der Waals surface area contributed by atoms with Gasteiger partial charge in [0.25, 0.3) is 0 Å². The normalized spacial score (nSPS) is 14.0. The first-order valence-electron chi connectivity index (χ1n) is 10.3. The Balaban J connectivity index is 3.84. The fraction of sp³-hybridized carbons (Fsp3) is 0.857. The Morgan fingerprint density at radius 2 is 1.60 bits per heavy atom. The summed E-state index contributed by atoms with van der Waals surface area (Å²) >= 11 is 0. The van der Waals surface area contributed by atoms with Gasteiger partial charge in [0, 0.05) is 6.42 Å². The highest BCUT2D eigenvalue weighted by atomic mass is 16.4. The van der Waals surface area contributed by atoms with Gasteiger partial charge in [0.2, 0.25) is 0 Å². The quantitative estimate of drug-likeness (QED) is 0.236. The fourth-order valence-electron chi connectivity index (χ4n) is 3.16. The molecule has 0 aliphatic heterocycles. The van der Waals surface area contributed by atoms with Crippen molar-refractivity contribution in [3.8, 4) is 0 Å². The van der Waals surface area contributed by atoms with Crippen molar-refractivity contribution in [3.63, 3.8) is 0 Å². The Labute approximate surface area is 154 Å². The maximum Gasteiger partial charge on any atom is 0.303 e. The summed E-state index contributed by atoms with van der Waals surface area (Å²) in [6, 6.07) is 0. The lowest BCUT2D eigenvalue weighted by Crippen LogP contribution is -2.17. The topological polar surface area (TPSA) is 77.8 Å². The van der Waals surface area contributed by atoms with E-state index in [0.717, 1.165) is 32.1 Å². The number of hydrogen-bond acceptors (Lipinski definition) is 3. The van der Waals surface area contributed by atoms with E-state index in [1.54, 1.807) is 0 Å². The lowest BCUT2D eigenvalue weighted by atomic mass is 9.90. The van der Waals surface area contributed by atoms with Gasteiger partial charge in [0.15, 0.2) is 0 Å². The van der Waals surface area contributed by atoms with Crippen LogP contribution in [-0.4, -0.2) is 34.0 Å². The molecule has 0 heterocycles. The molecule has 0 aliphatic rings. The number of carboxylic acids is 1. The Morgan fingerprint density at radius 3 is 2.28 bits per heavy atom. The first-order chi connectivity index (χ1) is 12.1. The van der Waals surface area contributed by atoms with Crippen molar-refractivity contribution in [2.45, 2.75) is 103 Å². The SMILES string of the molecule is CCCCCCCC/C=C\CCC(CCCCC(=O)O)CC(O)CO. The molecule has 0 saturated heterocycles. The number of carboxylic acid groups (broad SMARTS) is 1. The van der Waals surface area contributed by atoms with Crippen LogP contribution >= 0.6 is 0 Å². The van der Waals surface area contributed by atoms with Gasteiger partial charge in [-0.2, -0.15) is 0 Å². The zero-order valence-electron chi connectivity index (χ0n) is 16.2. The Kier molecular flexibility index (Phi) is 17.3. The van der Waals surface area contributed by atoms with E-state index in [1.165, 1.54) is 38.5 Å². The van der Waals surface area contributed by atoms with Gasteiger partial charge in [0.1, 0.15) is 0 Å². The predicted molar refractivity (Wildman–Crippen MR) is 104 cm³/mol. The van der Waals surface area contributed by atoms with Crippen molar-refractivity contribution in [3.05, 3.63) is 12.2 Å². The second-order valence-corrected chi connectivity index (χ2v) is 7.18. The van der Waals surface area contributed by atoms with E-state index >= 15 is 0 Å². The average Bonchev–Trinajstić information content (AvgIpc) is 2.59. The van der Waals surface area contributed by atoms with Gasteiger partial charge in [0.05, 0.1) is 12.7 Å². The molecule has 2 unspecified atom stereocenters. The molecule has 0 aromatic heterocycles. The van der Waals surface area contributed by atoms with Gasteiger partial charge < -0.3 is 15.3 Å². The maximum atomic E-state index is 10.6. The minimum Gasteiger partial charge on any atom is -0.481 e. The lowest BCUT2D eigenvalue weighted by Gasteiger charge is -2.18. The highest BCUT2D eigenvalue weighted by molar-refractivity contribution is 5.66. The number of hydrogen-bond donors (Lipinski definition) is 3. The monoisotopic (exact) mass is 356 g/mol. The van der Waals surface area contributed by atoms with E-state index in [2.05, 4.69) is 19.1 Å². The zero-order valence-corrected chi connectivity index (χ0v) is 16.2. The number of aliphatic hydroxyl groups is 2. The highest BCUT2D eigenvalue weighted by Gasteiger charge is 2.13. The summed E-state index contributed by atoms with van der Waals surface area (Å²) in [7, 11) is 0. The molecule has 0 aromatic rings. The number of aliphatic hydroxyl groups excluding tert-OH is 2. The van der Waals surface area contributed by atoms with Crippen LogP contribution in [0, 0.1) is 5.92 Å². The third-order valence-electron chi connectivity index (χ3n) is 4.70. The standard InChI is InChI=1S/C21H40O4/c1-2-3-4-5-6-7-8-9-10-11-14-19(17-20(23)18-22)15-12-13-16-21(24)25/h9-10,19-20,22-23H,2-8,11-18H2,1H3,(H,24,25)/b10-9-. The molecule has 4 heteroatoms. The lowest BCUT2D eigenvalue weighted by molar-refractivity contribution is -0.137. The molecule has 0 rings (SSSR count). The van der Waals surface area contributed by atoms with Gasteiger partial charge in [-0.3, -0.25) is 4.79 Å². The van der Waals surface area contributed by atoms with Gasteiger partial charge in [-0.25, -0.2) is 0 Å². The van der Waals surface area contributed by atoms with Crippen molar-refractivity contribution >= 4 is 5.97 Å². The van der Waals surface area contributed by atoms with Gasteiger partial charge >= 0.3 is 5.97 Å². The molecule has 0 aliphatic carbocycles. The first kappa shape index (κ1) is 24.1. The molecule has 0 amide bonds. The van der Waals surface area contributed by atoms with Crippen LogP contribution in [0.4, 0.5) is 0 Å². The molecule has 0 radical (unpaired) electrons. The van der Waals surface area contributed by atoms with Crippen LogP contribution in [-0.2, 0) is 4.79 Å². The van der Waals surface area contributed by atoms with Crippen LogP contribution in [0.3, 0.4) is 0 Å². The Hall–Kier alpha value is -0.870. The third kappa shape index (κ3) is 17.7. The summed E-state index contributed by atoms with van der Waals surface area (Å²) in [5.41, 5.74) is 0. The molecule has 2 atom stereocenters. The maximum absolute atomic E-state index is 10.6. The number of carbonyl (C=O) groups is 1. The molecule has 0 fully saturated rings. The fourth-order valence-corrected chi connectivity index (χ4v) is 3.16. The van der Waals surface area contributed by atoms with Crippen LogP contribution in [0.15, 0.2) is 12.2 Å². The minimum absolute atomic E-state index is 0.195. The molecule has 25 heavy (non-hydrogen) atoms. The highest BCUT2D eigenvalue weighted by Crippen LogP contribution is 2.21. The Bertz CT molecular complexity index is 328. The van der Waals surface area contributed by atoms with Crippen molar-refractivity contribution in [1.82, 2.24) is 0 Å². The zero-order chi connectivity index (χ0) is 18.8. The third-order valence-corrected chi connectivity index (χ3v) is 4.70. The molecule has 4 nitrogen and oxygen atoms in total. The van der Waals surface area contributed by atoms with Crippen molar-refractivity contribution in [1.29, 1.82) is 0 Å². The summed E-state index contributed by atoms with van der Waals surface area (Å²) in [5.74, 6) is -0.390. The summed E-state index contributed by atoms with van der Waals surface area (Å²) in [4.78, 5) is 10.6. The largest absolute Gasteiger partial charge is 0.481 e. The average molecular weight is 357 g/mol. The van der Waals surface area contributed by atoms with E-state index in [4.69, 9.17) is 10.2 Å². The summed E-state index contributed by atoms with van der Waals surface area (Å²) in [6.07, 6.45) is 18.2. The van der Waals surface area contributed by atoms with Crippen molar-refractivity contribution in [2.24, 2.45) is 5.92 Å². The van der Waals surface area contributed by atoms with E-state index < -0.39 is 12.1 Å². The van der Waals surface area contributed by atoms with Crippen molar-refractivity contribution < 1.29 is 20.1 Å². The van der Waals surface area contributed by atoms with Crippen LogP contribution < -0.4 is 0 Å². The van der Waals surface area contributed by atoms with Crippen LogP contribution in [0.5, 0.6) is 0 Å². The predicted octanol–water partition coefficient (Wildman–Crippen LogP) is 5.08. The molecule has 148 valence electrons. The van der Waals surface area contributed by atoms with E-state index in [0.29, 0.717) is 18.8 Å². The van der Waals surface area contributed by atoms with E-state index in [9.17, 15) is 9.90 Å². The molecule has 0 spiro atoms. The first-order valence-corrected chi connectivity index (χ1v) is 10.3. The van der Waals surface area contributed by atoms with Crippen LogP contribution in [0.25, 0.3) is 0 Å². The van der Waals surface area contributed by atoms with E-state index in [1.807, 2.05) is 0 Å². The van der Waals surface area contributed by atoms with E-state index in [-0.39, 0.29) is 13.0 Å².